The van der Waals surface area contributed by atoms with Crippen LogP contribution in [0.15, 0.2) is 18.2 Å². The molecule has 2 N–H and O–H groups in total. The number of terminal acetylenes is 1. The monoisotopic (exact) mass is 308 g/mol. The van der Waals surface area contributed by atoms with Crippen molar-refractivity contribution in [3.63, 3.8) is 0 Å². The number of ether oxygens (including phenoxy) is 1. The van der Waals surface area contributed by atoms with E-state index in [9.17, 15) is 4.79 Å². The summed E-state index contributed by atoms with van der Waals surface area (Å²) in [6, 6.07) is 5.50. The number of benzene rings is 1. The lowest BCUT2D eigenvalue weighted by atomic mass is 10.1. The highest BCUT2D eigenvalue weighted by Gasteiger charge is 2.14. The van der Waals surface area contributed by atoms with E-state index in [-0.39, 0.29) is 24.6 Å². The summed E-state index contributed by atoms with van der Waals surface area (Å²) >= 11 is 6.15. The zero-order chi connectivity index (χ0) is 15.9. The number of hydrogen-bond acceptors (Lipinski definition) is 3. The van der Waals surface area contributed by atoms with Gasteiger partial charge in [0.15, 0.2) is 6.61 Å². The van der Waals surface area contributed by atoms with Gasteiger partial charge in [-0.25, -0.2) is 0 Å². The van der Waals surface area contributed by atoms with E-state index in [1.54, 1.807) is 6.07 Å². The van der Waals surface area contributed by atoms with Crippen LogP contribution >= 0.6 is 11.6 Å². The molecule has 0 unspecified atom stereocenters. The highest BCUT2D eigenvalue weighted by Crippen LogP contribution is 2.28. The standard InChI is InChI=1S/C16H21ClN2O2/c1-5-9-18-14(20)11-21-15-12(7-6-8-13(15)17)10-19-16(2,3)4/h1,6-8,19H,9-11H2,2-4H3,(H,18,20). The van der Waals surface area contributed by atoms with Gasteiger partial charge in [0.25, 0.3) is 5.91 Å². The van der Waals surface area contributed by atoms with Crippen molar-refractivity contribution in [3.8, 4) is 18.1 Å². The minimum absolute atomic E-state index is 0.0240. The summed E-state index contributed by atoms with van der Waals surface area (Å²) in [5.41, 5.74) is 0.881. The number of rotatable bonds is 6. The molecule has 0 saturated carbocycles. The quantitative estimate of drug-likeness (QED) is 0.793. The average molecular weight is 309 g/mol. The zero-order valence-corrected chi connectivity index (χ0v) is 13.4. The number of amides is 1. The molecule has 21 heavy (non-hydrogen) atoms. The van der Waals surface area contributed by atoms with Gasteiger partial charge in [0, 0.05) is 17.6 Å². The number of carbonyl (C=O) groups excluding carboxylic acids is 1. The molecule has 0 fully saturated rings. The van der Waals surface area contributed by atoms with Crippen molar-refractivity contribution in [2.24, 2.45) is 0 Å². The summed E-state index contributed by atoms with van der Waals surface area (Å²) in [5, 5.41) is 6.38. The van der Waals surface area contributed by atoms with Crippen LogP contribution in [0.3, 0.4) is 0 Å². The van der Waals surface area contributed by atoms with E-state index in [2.05, 4.69) is 37.3 Å². The number of hydrogen-bond donors (Lipinski definition) is 2. The number of halogens is 1. The molecule has 5 heteroatoms. The third-order valence-corrected chi connectivity index (χ3v) is 2.89. The Morgan fingerprint density at radius 3 is 2.76 bits per heavy atom. The van der Waals surface area contributed by atoms with Gasteiger partial charge in [-0.15, -0.1) is 6.42 Å². The lowest BCUT2D eigenvalue weighted by molar-refractivity contribution is -0.122. The lowest BCUT2D eigenvalue weighted by Crippen LogP contribution is -2.35. The van der Waals surface area contributed by atoms with Gasteiger partial charge in [-0.05, 0) is 26.8 Å². The van der Waals surface area contributed by atoms with Gasteiger partial charge in [0.05, 0.1) is 11.6 Å². The predicted octanol–water partition coefficient (Wildman–Crippen LogP) is 2.36. The highest BCUT2D eigenvalue weighted by atomic mass is 35.5. The molecule has 0 aliphatic rings. The van der Waals surface area contributed by atoms with E-state index in [4.69, 9.17) is 22.8 Å². The van der Waals surface area contributed by atoms with Crippen LogP contribution in [-0.2, 0) is 11.3 Å². The zero-order valence-electron chi connectivity index (χ0n) is 12.6. The Morgan fingerprint density at radius 1 is 1.43 bits per heavy atom. The molecule has 1 aromatic rings. The number of carbonyl (C=O) groups is 1. The fraction of sp³-hybridized carbons (Fsp3) is 0.438. The molecule has 1 amide bonds. The molecule has 0 spiro atoms. The first-order chi connectivity index (χ1) is 9.83. The van der Waals surface area contributed by atoms with Crippen molar-refractivity contribution < 1.29 is 9.53 Å². The van der Waals surface area contributed by atoms with Gasteiger partial charge in [0.1, 0.15) is 5.75 Å². The topological polar surface area (TPSA) is 50.4 Å². The van der Waals surface area contributed by atoms with Crippen molar-refractivity contribution in [2.45, 2.75) is 32.9 Å². The van der Waals surface area contributed by atoms with Gasteiger partial charge >= 0.3 is 0 Å². The lowest BCUT2D eigenvalue weighted by Gasteiger charge is -2.22. The van der Waals surface area contributed by atoms with Crippen molar-refractivity contribution >= 4 is 17.5 Å². The van der Waals surface area contributed by atoms with E-state index >= 15 is 0 Å². The molecule has 0 bridgehead atoms. The first-order valence-corrected chi connectivity index (χ1v) is 7.06. The number of nitrogens with one attached hydrogen (secondary N) is 2. The molecule has 0 aromatic heterocycles. The van der Waals surface area contributed by atoms with Crippen LogP contribution < -0.4 is 15.4 Å². The Morgan fingerprint density at radius 2 is 2.14 bits per heavy atom. The summed E-state index contributed by atoms with van der Waals surface area (Å²) in [6.45, 7) is 6.89. The van der Waals surface area contributed by atoms with E-state index in [0.29, 0.717) is 17.3 Å². The summed E-state index contributed by atoms with van der Waals surface area (Å²) in [5.74, 6) is 2.58. The molecular formula is C16H21ClN2O2. The summed E-state index contributed by atoms with van der Waals surface area (Å²) in [6.07, 6.45) is 5.08. The fourth-order valence-corrected chi connectivity index (χ4v) is 1.80. The Balaban J connectivity index is 2.72. The second-order valence-electron chi connectivity index (χ2n) is 5.60. The minimum Gasteiger partial charge on any atom is -0.482 e. The average Bonchev–Trinajstić information content (AvgIpc) is 2.41. The molecule has 0 aliphatic heterocycles. The maximum absolute atomic E-state index is 11.5. The van der Waals surface area contributed by atoms with E-state index in [1.807, 2.05) is 12.1 Å². The Bertz CT molecular complexity index is 530. The third-order valence-electron chi connectivity index (χ3n) is 2.59. The van der Waals surface area contributed by atoms with Crippen LogP contribution in [0.25, 0.3) is 0 Å². The summed E-state index contributed by atoms with van der Waals surface area (Å²) in [7, 11) is 0. The van der Waals surface area contributed by atoms with Gasteiger partial charge in [-0.3, -0.25) is 4.79 Å². The van der Waals surface area contributed by atoms with Crippen molar-refractivity contribution in [1.29, 1.82) is 0 Å². The Labute approximate surface area is 131 Å². The molecule has 0 saturated heterocycles. The highest BCUT2D eigenvalue weighted by molar-refractivity contribution is 6.32. The van der Waals surface area contributed by atoms with Gasteiger partial charge in [0.2, 0.25) is 0 Å². The maximum Gasteiger partial charge on any atom is 0.258 e. The summed E-state index contributed by atoms with van der Waals surface area (Å²) < 4.78 is 5.54. The van der Waals surface area contributed by atoms with Crippen molar-refractivity contribution in [2.75, 3.05) is 13.2 Å². The molecule has 0 heterocycles. The summed E-state index contributed by atoms with van der Waals surface area (Å²) in [4.78, 5) is 11.5. The first-order valence-electron chi connectivity index (χ1n) is 6.69. The van der Waals surface area contributed by atoms with Gasteiger partial charge < -0.3 is 15.4 Å². The van der Waals surface area contributed by atoms with Crippen LogP contribution in [-0.4, -0.2) is 24.6 Å². The number of para-hydroxylation sites is 1. The molecule has 1 aromatic carbocycles. The van der Waals surface area contributed by atoms with E-state index in [1.165, 1.54) is 0 Å². The van der Waals surface area contributed by atoms with Gasteiger partial charge in [-0.1, -0.05) is 29.7 Å². The molecule has 1 rings (SSSR count). The SMILES string of the molecule is C#CCNC(=O)COc1c(Cl)cccc1CNC(C)(C)C. The van der Waals surface area contributed by atoms with Crippen LogP contribution in [0, 0.1) is 12.3 Å². The maximum atomic E-state index is 11.5. The minimum atomic E-state index is -0.275. The molecule has 114 valence electrons. The largest absolute Gasteiger partial charge is 0.482 e. The Hall–Kier alpha value is -1.70. The van der Waals surface area contributed by atoms with E-state index < -0.39 is 0 Å². The molecule has 0 aliphatic carbocycles. The fourth-order valence-electron chi connectivity index (χ4n) is 1.55. The molecule has 0 atom stereocenters. The van der Waals surface area contributed by atoms with Gasteiger partial charge in [-0.2, -0.15) is 0 Å². The predicted molar refractivity (Wildman–Crippen MR) is 85.4 cm³/mol. The van der Waals surface area contributed by atoms with Crippen LogP contribution in [0.2, 0.25) is 5.02 Å². The molecule has 4 nitrogen and oxygen atoms in total. The molecular weight excluding hydrogens is 288 g/mol. The second kappa shape index (κ2) is 7.92. The second-order valence-corrected chi connectivity index (χ2v) is 6.01. The third kappa shape index (κ3) is 6.52. The van der Waals surface area contributed by atoms with Crippen molar-refractivity contribution in [3.05, 3.63) is 28.8 Å². The molecule has 0 radical (unpaired) electrons. The van der Waals surface area contributed by atoms with Crippen LogP contribution in [0.1, 0.15) is 26.3 Å². The normalized spacial score (nSPS) is 10.8. The van der Waals surface area contributed by atoms with Crippen molar-refractivity contribution in [1.82, 2.24) is 10.6 Å². The van der Waals surface area contributed by atoms with E-state index in [0.717, 1.165) is 5.56 Å². The van der Waals surface area contributed by atoms with Crippen LogP contribution in [0.5, 0.6) is 5.75 Å². The first kappa shape index (κ1) is 17.4. The Kier molecular flexibility index (Phi) is 6.54. The van der Waals surface area contributed by atoms with Crippen LogP contribution in [0.4, 0.5) is 0 Å². The smallest absolute Gasteiger partial charge is 0.258 e.